The van der Waals surface area contributed by atoms with E-state index in [4.69, 9.17) is 14.6 Å². The molecule has 6 heteroatoms. The molecule has 0 bridgehead atoms. The molecule has 0 radical (unpaired) electrons. The molecule has 0 saturated carbocycles. The first kappa shape index (κ1) is 16.4. The molecule has 0 amide bonds. The third kappa shape index (κ3) is 5.86. The second kappa shape index (κ2) is 7.79. The van der Waals surface area contributed by atoms with Gasteiger partial charge < -0.3 is 24.8 Å². The number of aliphatic carboxylic acids is 1. The normalized spacial score (nSPS) is 33.1. The van der Waals surface area contributed by atoms with Crippen LogP contribution < -0.4 is 0 Å². The van der Waals surface area contributed by atoms with Crippen molar-refractivity contribution in [2.45, 2.75) is 76.7 Å². The Morgan fingerprint density at radius 2 is 2.05 bits per heavy atom. The van der Waals surface area contributed by atoms with Crippen LogP contribution >= 0.6 is 0 Å². The zero-order valence-electron chi connectivity index (χ0n) is 11.5. The van der Waals surface area contributed by atoms with Crippen LogP contribution in [0.4, 0.5) is 0 Å². The van der Waals surface area contributed by atoms with Crippen molar-refractivity contribution in [1.82, 2.24) is 0 Å². The monoisotopic (exact) mass is 276 g/mol. The minimum Gasteiger partial charge on any atom is -0.481 e. The summed E-state index contributed by atoms with van der Waals surface area (Å²) < 4.78 is 11.0. The van der Waals surface area contributed by atoms with E-state index in [1.165, 1.54) is 0 Å². The Labute approximate surface area is 113 Å². The lowest BCUT2D eigenvalue weighted by atomic mass is 10.0. The van der Waals surface area contributed by atoms with Gasteiger partial charge in [-0.2, -0.15) is 0 Å². The minimum absolute atomic E-state index is 0.115. The molecule has 3 N–H and O–H groups in total. The van der Waals surface area contributed by atoms with Crippen LogP contribution in [0.5, 0.6) is 0 Å². The number of hydrogen-bond acceptors (Lipinski definition) is 5. The standard InChI is InChI=1S/C13H24O6/c1-8(5-3-4-6-12(16)17)18-13-11(15)7-10(14)9(2)19-13/h8-11,13-15H,3-7H2,1-2H3,(H,16,17)/t8?,9-,10+,11+,13?/m0/s1. The molecule has 1 fully saturated rings. The van der Waals surface area contributed by atoms with Crippen molar-refractivity contribution >= 4 is 5.97 Å². The maximum Gasteiger partial charge on any atom is 0.303 e. The predicted octanol–water partition coefficient (Wildman–Crippen LogP) is 0.893. The van der Waals surface area contributed by atoms with E-state index in [0.717, 1.165) is 12.8 Å². The predicted molar refractivity (Wildman–Crippen MR) is 67.6 cm³/mol. The molecule has 0 aromatic heterocycles. The van der Waals surface area contributed by atoms with Gasteiger partial charge in [-0.25, -0.2) is 0 Å². The van der Waals surface area contributed by atoms with Gasteiger partial charge in [0, 0.05) is 12.8 Å². The van der Waals surface area contributed by atoms with Crippen LogP contribution in [0.1, 0.15) is 46.0 Å². The number of hydrogen-bond donors (Lipinski definition) is 3. The summed E-state index contributed by atoms with van der Waals surface area (Å²) in [6.07, 6.45) is -0.169. The van der Waals surface area contributed by atoms with Gasteiger partial charge in [-0.05, 0) is 26.7 Å². The third-order valence-electron chi connectivity index (χ3n) is 3.31. The Bertz CT molecular complexity index is 282. The molecule has 0 spiro atoms. The first-order valence-electron chi connectivity index (χ1n) is 6.79. The summed E-state index contributed by atoms with van der Waals surface area (Å²) in [6.45, 7) is 3.61. The molecule has 112 valence electrons. The van der Waals surface area contributed by atoms with Crippen LogP contribution in [0.2, 0.25) is 0 Å². The van der Waals surface area contributed by atoms with Gasteiger partial charge in [-0.3, -0.25) is 4.79 Å². The van der Waals surface area contributed by atoms with E-state index < -0.39 is 24.5 Å². The summed E-state index contributed by atoms with van der Waals surface area (Å²) in [5.74, 6) is -0.789. The Balaban J connectivity index is 2.23. The fourth-order valence-corrected chi connectivity index (χ4v) is 2.07. The number of aliphatic hydroxyl groups is 2. The largest absolute Gasteiger partial charge is 0.481 e. The van der Waals surface area contributed by atoms with E-state index in [-0.39, 0.29) is 25.0 Å². The van der Waals surface area contributed by atoms with Crippen LogP contribution in [0.15, 0.2) is 0 Å². The maximum atomic E-state index is 10.4. The van der Waals surface area contributed by atoms with Crippen molar-refractivity contribution in [2.75, 3.05) is 0 Å². The molecule has 6 nitrogen and oxygen atoms in total. The molecule has 19 heavy (non-hydrogen) atoms. The number of ether oxygens (including phenoxy) is 2. The second-order valence-corrected chi connectivity index (χ2v) is 5.17. The van der Waals surface area contributed by atoms with Crippen LogP contribution in [0.25, 0.3) is 0 Å². The highest BCUT2D eigenvalue weighted by Gasteiger charge is 2.35. The summed E-state index contributed by atoms with van der Waals surface area (Å²) >= 11 is 0. The van der Waals surface area contributed by atoms with Gasteiger partial charge in [0.15, 0.2) is 6.29 Å². The highest BCUT2D eigenvalue weighted by atomic mass is 16.7. The number of carboxylic acids is 1. The first-order chi connectivity index (χ1) is 8.90. The minimum atomic E-state index is -0.826. The molecule has 1 rings (SSSR count). The van der Waals surface area contributed by atoms with E-state index in [1.54, 1.807) is 6.92 Å². The lowest BCUT2D eigenvalue weighted by molar-refractivity contribution is -0.273. The SMILES string of the molecule is CC(CCCCC(=O)O)OC1O[C@@H](C)[C@H](O)C[C@H]1O. The van der Waals surface area contributed by atoms with Gasteiger partial charge in [0.05, 0.1) is 18.3 Å². The number of rotatable bonds is 7. The molecule has 1 saturated heterocycles. The zero-order chi connectivity index (χ0) is 14.4. The average molecular weight is 276 g/mol. The van der Waals surface area contributed by atoms with Crippen LogP contribution in [-0.4, -0.2) is 52.0 Å². The molecule has 5 atom stereocenters. The van der Waals surface area contributed by atoms with Gasteiger partial charge >= 0.3 is 5.97 Å². The highest BCUT2D eigenvalue weighted by molar-refractivity contribution is 5.66. The Hall–Kier alpha value is -0.690. The van der Waals surface area contributed by atoms with Gasteiger partial charge in [0.2, 0.25) is 0 Å². The van der Waals surface area contributed by atoms with Crippen molar-refractivity contribution in [2.24, 2.45) is 0 Å². The molecular weight excluding hydrogens is 252 g/mol. The Morgan fingerprint density at radius 3 is 2.68 bits per heavy atom. The fraction of sp³-hybridized carbons (Fsp3) is 0.923. The summed E-state index contributed by atoms with van der Waals surface area (Å²) in [4.78, 5) is 10.4. The maximum absolute atomic E-state index is 10.4. The van der Waals surface area contributed by atoms with Crippen molar-refractivity contribution in [3.05, 3.63) is 0 Å². The van der Waals surface area contributed by atoms with Gasteiger partial charge in [0.25, 0.3) is 0 Å². The van der Waals surface area contributed by atoms with E-state index in [1.807, 2.05) is 6.92 Å². The topological polar surface area (TPSA) is 96.2 Å². The summed E-state index contributed by atoms with van der Waals surface area (Å²) in [7, 11) is 0. The molecule has 2 unspecified atom stereocenters. The number of carbonyl (C=O) groups is 1. The number of aliphatic hydroxyl groups excluding tert-OH is 2. The summed E-state index contributed by atoms with van der Waals surface area (Å²) in [5.41, 5.74) is 0. The van der Waals surface area contributed by atoms with Crippen molar-refractivity contribution in [3.8, 4) is 0 Å². The molecule has 1 heterocycles. The molecule has 1 aliphatic rings. The first-order valence-corrected chi connectivity index (χ1v) is 6.79. The van der Waals surface area contributed by atoms with E-state index in [9.17, 15) is 15.0 Å². The summed E-state index contributed by atoms with van der Waals surface area (Å²) in [5, 5.41) is 27.8. The van der Waals surface area contributed by atoms with E-state index in [0.29, 0.717) is 6.42 Å². The highest BCUT2D eigenvalue weighted by Crippen LogP contribution is 2.23. The van der Waals surface area contributed by atoms with Gasteiger partial charge in [-0.1, -0.05) is 6.42 Å². The van der Waals surface area contributed by atoms with Crippen molar-refractivity contribution < 1.29 is 29.6 Å². The van der Waals surface area contributed by atoms with Gasteiger partial charge in [0.1, 0.15) is 6.10 Å². The van der Waals surface area contributed by atoms with Gasteiger partial charge in [-0.15, -0.1) is 0 Å². The Kier molecular flexibility index (Phi) is 6.71. The summed E-state index contributed by atoms with van der Waals surface area (Å²) in [6, 6.07) is 0. The Morgan fingerprint density at radius 1 is 1.37 bits per heavy atom. The van der Waals surface area contributed by atoms with Crippen molar-refractivity contribution in [1.29, 1.82) is 0 Å². The molecule has 0 aromatic carbocycles. The fourth-order valence-electron chi connectivity index (χ4n) is 2.07. The number of carboxylic acid groups (broad SMARTS) is 1. The van der Waals surface area contributed by atoms with Crippen LogP contribution in [-0.2, 0) is 14.3 Å². The quantitative estimate of drug-likeness (QED) is 0.598. The van der Waals surface area contributed by atoms with E-state index >= 15 is 0 Å². The smallest absolute Gasteiger partial charge is 0.303 e. The molecule has 1 aliphatic heterocycles. The second-order valence-electron chi connectivity index (χ2n) is 5.17. The molecule has 0 aliphatic carbocycles. The van der Waals surface area contributed by atoms with Crippen molar-refractivity contribution in [3.63, 3.8) is 0 Å². The van der Waals surface area contributed by atoms with Crippen LogP contribution in [0.3, 0.4) is 0 Å². The van der Waals surface area contributed by atoms with Crippen LogP contribution in [0, 0.1) is 0 Å². The molecule has 0 aromatic rings. The number of unbranched alkanes of at least 4 members (excludes halogenated alkanes) is 1. The van der Waals surface area contributed by atoms with E-state index in [2.05, 4.69) is 0 Å². The third-order valence-corrected chi connectivity index (χ3v) is 3.31. The molecular formula is C13H24O6. The lowest BCUT2D eigenvalue weighted by Gasteiger charge is -2.36. The lowest BCUT2D eigenvalue weighted by Crippen LogP contribution is -2.48. The average Bonchev–Trinajstić information content (AvgIpc) is 2.31. The zero-order valence-corrected chi connectivity index (χ0v) is 11.5.